The molecule has 5 rings (SSSR count). The van der Waals surface area contributed by atoms with E-state index in [1.807, 2.05) is 30.3 Å². The normalized spacial score (nSPS) is 11.8. The Kier molecular flexibility index (Phi) is 6.68. The number of carbonyl (C=O) groups is 2. The third kappa shape index (κ3) is 5.14. The lowest BCUT2D eigenvalue weighted by atomic mass is 10.0. The lowest BCUT2D eigenvalue weighted by molar-refractivity contribution is -0.385. The van der Waals surface area contributed by atoms with Crippen LogP contribution in [0.1, 0.15) is 21.5 Å². The number of nitrogens with zero attached hydrogens (tertiary/aromatic N) is 2. The molecule has 38 heavy (non-hydrogen) atoms. The Morgan fingerprint density at radius 3 is 2.45 bits per heavy atom. The Hall–Kier alpha value is -5.25. The van der Waals surface area contributed by atoms with Crippen LogP contribution in [0.2, 0.25) is 0 Å². The number of hydrogen-bond donors (Lipinski definition) is 3. The van der Waals surface area contributed by atoms with Gasteiger partial charge < -0.3 is 20.7 Å². The summed E-state index contributed by atoms with van der Waals surface area (Å²) in [5.41, 5.74) is 5.30. The highest BCUT2D eigenvalue weighted by Crippen LogP contribution is 2.37. The molecule has 1 aromatic heterocycles. The minimum absolute atomic E-state index is 0.126. The Balaban J connectivity index is 1.35. The maximum atomic E-state index is 13.0. The van der Waals surface area contributed by atoms with Crippen molar-refractivity contribution in [2.75, 3.05) is 17.7 Å². The molecule has 3 aromatic carbocycles. The first-order chi connectivity index (χ1) is 18.4. The average Bonchev–Trinajstić information content (AvgIpc) is 3.06. The molecule has 3 N–H and O–H groups in total. The summed E-state index contributed by atoms with van der Waals surface area (Å²) in [5.74, 6) is -0.282. The molecular formula is C28H23N5O5. The van der Waals surface area contributed by atoms with Crippen LogP contribution in [-0.4, -0.2) is 28.8 Å². The standard InChI is InChI=1S/C28H23N5O5/c1-38-26-15-20(4-7-25(26)33(36)37)19-3-5-21-23(14-19)31-22-6-2-18(12-24(22)32-28(21)35)13-27(34)30-16-17-8-10-29-11-9-17/h2-12,14-15,31H,13,16H2,1H3,(H,30,34)(H,32,35). The van der Waals surface area contributed by atoms with Crippen molar-refractivity contribution in [2.24, 2.45) is 0 Å². The van der Waals surface area contributed by atoms with Gasteiger partial charge in [-0.15, -0.1) is 0 Å². The summed E-state index contributed by atoms with van der Waals surface area (Å²) >= 11 is 0. The zero-order valence-corrected chi connectivity index (χ0v) is 20.4. The zero-order valence-electron chi connectivity index (χ0n) is 20.4. The van der Waals surface area contributed by atoms with Crippen molar-refractivity contribution < 1.29 is 19.2 Å². The predicted molar refractivity (Wildman–Crippen MR) is 143 cm³/mol. The van der Waals surface area contributed by atoms with Gasteiger partial charge in [-0.05, 0) is 70.8 Å². The van der Waals surface area contributed by atoms with Crippen LogP contribution in [0, 0.1) is 10.1 Å². The summed E-state index contributed by atoms with van der Waals surface area (Å²) in [5, 5.41) is 20.3. The number of nitro groups is 1. The highest BCUT2D eigenvalue weighted by atomic mass is 16.6. The average molecular weight is 510 g/mol. The molecule has 190 valence electrons. The summed E-state index contributed by atoms with van der Waals surface area (Å²) in [4.78, 5) is 40.2. The van der Waals surface area contributed by atoms with E-state index in [2.05, 4.69) is 20.9 Å². The fourth-order valence-electron chi connectivity index (χ4n) is 4.23. The second-order valence-corrected chi connectivity index (χ2v) is 8.67. The number of methoxy groups -OCH3 is 1. The van der Waals surface area contributed by atoms with Crippen molar-refractivity contribution >= 4 is 34.6 Å². The highest BCUT2D eigenvalue weighted by molar-refractivity contribution is 6.12. The summed E-state index contributed by atoms with van der Waals surface area (Å²) in [6.07, 6.45) is 3.51. The van der Waals surface area contributed by atoms with E-state index in [4.69, 9.17) is 4.74 Å². The summed E-state index contributed by atoms with van der Waals surface area (Å²) in [7, 11) is 1.38. The first-order valence-electron chi connectivity index (χ1n) is 11.7. The molecule has 0 fully saturated rings. The summed E-state index contributed by atoms with van der Waals surface area (Å²) in [6, 6.07) is 19.0. The Labute approximate surface area is 217 Å². The van der Waals surface area contributed by atoms with E-state index in [1.165, 1.54) is 13.2 Å². The smallest absolute Gasteiger partial charge is 0.310 e. The Morgan fingerprint density at radius 2 is 1.68 bits per heavy atom. The summed E-state index contributed by atoms with van der Waals surface area (Å²) < 4.78 is 5.19. The van der Waals surface area contributed by atoms with Gasteiger partial charge >= 0.3 is 5.69 Å². The Bertz CT molecular complexity index is 1560. The van der Waals surface area contributed by atoms with Gasteiger partial charge in [-0.2, -0.15) is 0 Å². The number of nitro benzene ring substituents is 1. The maximum Gasteiger partial charge on any atom is 0.310 e. The molecule has 1 aliphatic heterocycles. The van der Waals surface area contributed by atoms with Crippen molar-refractivity contribution in [3.63, 3.8) is 0 Å². The molecule has 0 radical (unpaired) electrons. The fraction of sp³-hybridized carbons (Fsp3) is 0.107. The molecule has 10 nitrogen and oxygen atoms in total. The quantitative estimate of drug-likeness (QED) is 0.240. The monoisotopic (exact) mass is 509 g/mol. The fourth-order valence-corrected chi connectivity index (χ4v) is 4.23. The molecule has 4 aromatic rings. The van der Waals surface area contributed by atoms with Gasteiger partial charge in [0.25, 0.3) is 5.91 Å². The van der Waals surface area contributed by atoms with Gasteiger partial charge in [-0.25, -0.2) is 0 Å². The number of nitrogens with one attached hydrogen (secondary N) is 3. The van der Waals surface area contributed by atoms with E-state index < -0.39 is 4.92 Å². The first kappa shape index (κ1) is 24.4. The number of hydrogen-bond acceptors (Lipinski definition) is 7. The van der Waals surface area contributed by atoms with Gasteiger partial charge in [-0.3, -0.25) is 24.7 Å². The van der Waals surface area contributed by atoms with Crippen LogP contribution in [0.15, 0.2) is 79.1 Å². The number of carbonyl (C=O) groups excluding carboxylic acids is 2. The molecule has 0 spiro atoms. The van der Waals surface area contributed by atoms with Crippen molar-refractivity contribution in [3.8, 4) is 16.9 Å². The van der Waals surface area contributed by atoms with Crippen LogP contribution in [0.4, 0.5) is 22.7 Å². The third-order valence-corrected chi connectivity index (χ3v) is 6.18. The van der Waals surface area contributed by atoms with E-state index in [-0.39, 0.29) is 29.7 Å². The molecular weight excluding hydrogens is 486 g/mol. The molecule has 0 aliphatic carbocycles. The zero-order chi connectivity index (χ0) is 26.6. The number of amides is 2. The number of benzene rings is 3. The molecule has 0 bridgehead atoms. The minimum Gasteiger partial charge on any atom is -0.490 e. The first-order valence-corrected chi connectivity index (χ1v) is 11.7. The molecule has 0 unspecified atom stereocenters. The molecule has 2 heterocycles. The second kappa shape index (κ2) is 10.4. The number of anilines is 3. The number of pyridine rings is 1. The molecule has 0 atom stereocenters. The van der Waals surface area contributed by atoms with E-state index in [1.54, 1.807) is 42.7 Å². The SMILES string of the molecule is COc1cc(-c2ccc3c(c2)Nc2ccc(CC(=O)NCc4ccncc4)cc2NC3=O)ccc1[N+](=O)[O-]. The molecule has 1 aliphatic rings. The van der Waals surface area contributed by atoms with Crippen molar-refractivity contribution in [2.45, 2.75) is 13.0 Å². The molecule has 10 heteroatoms. The Morgan fingerprint density at radius 1 is 0.921 bits per heavy atom. The van der Waals surface area contributed by atoms with E-state index >= 15 is 0 Å². The maximum absolute atomic E-state index is 13.0. The lowest BCUT2D eigenvalue weighted by Crippen LogP contribution is -2.24. The lowest BCUT2D eigenvalue weighted by Gasteiger charge is -2.12. The second-order valence-electron chi connectivity index (χ2n) is 8.67. The van der Waals surface area contributed by atoms with E-state index in [0.29, 0.717) is 34.7 Å². The molecule has 0 saturated carbocycles. The van der Waals surface area contributed by atoms with Crippen LogP contribution in [0.25, 0.3) is 11.1 Å². The number of ether oxygens (including phenoxy) is 1. The molecule has 2 amide bonds. The molecule has 0 saturated heterocycles. The van der Waals surface area contributed by atoms with E-state index in [0.717, 1.165) is 16.7 Å². The van der Waals surface area contributed by atoms with Gasteiger partial charge in [0.15, 0.2) is 5.75 Å². The number of fused-ring (bicyclic) bond motifs is 2. The number of rotatable bonds is 7. The van der Waals surface area contributed by atoms with Crippen LogP contribution >= 0.6 is 0 Å². The van der Waals surface area contributed by atoms with Crippen LogP contribution in [0.3, 0.4) is 0 Å². The topological polar surface area (TPSA) is 135 Å². The van der Waals surface area contributed by atoms with Gasteiger partial charge in [0, 0.05) is 25.0 Å². The number of aromatic nitrogens is 1. The van der Waals surface area contributed by atoms with Crippen LogP contribution in [0.5, 0.6) is 5.75 Å². The van der Waals surface area contributed by atoms with Crippen molar-refractivity contribution in [3.05, 3.63) is 106 Å². The largest absolute Gasteiger partial charge is 0.490 e. The third-order valence-electron chi connectivity index (χ3n) is 6.18. The summed E-state index contributed by atoms with van der Waals surface area (Å²) in [6.45, 7) is 0.406. The minimum atomic E-state index is -0.499. The predicted octanol–water partition coefficient (Wildman–Crippen LogP) is 4.83. The van der Waals surface area contributed by atoms with Gasteiger partial charge in [0.2, 0.25) is 5.91 Å². The van der Waals surface area contributed by atoms with Gasteiger partial charge in [0.1, 0.15) is 0 Å². The highest BCUT2D eigenvalue weighted by Gasteiger charge is 2.21. The van der Waals surface area contributed by atoms with Crippen LogP contribution < -0.4 is 20.7 Å². The van der Waals surface area contributed by atoms with E-state index in [9.17, 15) is 19.7 Å². The van der Waals surface area contributed by atoms with Crippen molar-refractivity contribution in [1.82, 2.24) is 10.3 Å². The van der Waals surface area contributed by atoms with Gasteiger partial charge in [-0.1, -0.05) is 12.1 Å². The van der Waals surface area contributed by atoms with Gasteiger partial charge in [0.05, 0.1) is 41.1 Å². The van der Waals surface area contributed by atoms with Crippen LogP contribution in [-0.2, 0) is 17.8 Å². The van der Waals surface area contributed by atoms with Crippen molar-refractivity contribution in [1.29, 1.82) is 0 Å².